The molecule has 4 aromatic rings. The van der Waals surface area contributed by atoms with Crippen LogP contribution in [-0.2, 0) is 19.6 Å². The zero-order valence-electron chi connectivity index (χ0n) is 20.5. The Kier molecular flexibility index (Phi) is 8.44. The monoisotopic (exact) mass is 573 g/mol. The Labute approximate surface area is 227 Å². The highest BCUT2D eigenvalue weighted by molar-refractivity contribution is 7.99. The maximum absolute atomic E-state index is 12.6. The Bertz CT molecular complexity index is 1550. The molecule has 198 valence electrons. The number of thiazole rings is 1. The van der Waals surface area contributed by atoms with Gasteiger partial charge in [-0.05, 0) is 57.2 Å². The molecule has 0 atom stereocenters. The molecule has 4 rings (SSSR count). The van der Waals surface area contributed by atoms with Crippen LogP contribution in [0.1, 0.15) is 27.9 Å². The number of thioether (sulfide) groups is 1. The lowest BCUT2D eigenvalue weighted by molar-refractivity contribution is -0.113. The van der Waals surface area contributed by atoms with Gasteiger partial charge < -0.3 is 14.5 Å². The summed E-state index contributed by atoms with van der Waals surface area (Å²) in [5.74, 6) is -0.638. The van der Waals surface area contributed by atoms with E-state index in [0.29, 0.717) is 27.0 Å². The molecule has 0 unspecified atom stereocenters. The SMILES string of the molecule is CCOC(=O)c1sc(NC(=O)CSc2nnc(-c3ccc(NS(=O)(=O)c4ccc(C)cc4)cc3)o2)nc1C. The maximum Gasteiger partial charge on any atom is 0.350 e. The summed E-state index contributed by atoms with van der Waals surface area (Å²) in [4.78, 5) is 28.9. The second-order valence-electron chi connectivity index (χ2n) is 7.86. The van der Waals surface area contributed by atoms with Gasteiger partial charge in [-0.1, -0.05) is 40.8 Å². The Hall–Kier alpha value is -3.75. The van der Waals surface area contributed by atoms with Gasteiger partial charge in [0, 0.05) is 11.3 Å². The van der Waals surface area contributed by atoms with Gasteiger partial charge in [0.05, 0.1) is 22.9 Å². The number of benzene rings is 2. The highest BCUT2D eigenvalue weighted by Crippen LogP contribution is 2.27. The number of amides is 1. The number of carbonyl (C=O) groups excluding carboxylic acids is 2. The van der Waals surface area contributed by atoms with E-state index in [0.717, 1.165) is 28.7 Å². The first-order valence-electron chi connectivity index (χ1n) is 11.2. The minimum atomic E-state index is -3.72. The molecule has 38 heavy (non-hydrogen) atoms. The summed E-state index contributed by atoms with van der Waals surface area (Å²) < 4.78 is 38.3. The highest BCUT2D eigenvalue weighted by atomic mass is 32.2. The molecule has 0 radical (unpaired) electrons. The fourth-order valence-corrected chi connectivity index (χ4v) is 5.61. The smallest absolute Gasteiger partial charge is 0.350 e. The zero-order valence-corrected chi connectivity index (χ0v) is 23.0. The number of rotatable bonds is 10. The maximum atomic E-state index is 12.6. The molecule has 0 saturated heterocycles. The average molecular weight is 574 g/mol. The van der Waals surface area contributed by atoms with E-state index < -0.39 is 16.0 Å². The number of hydrogen-bond acceptors (Lipinski definition) is 11. The molecule has 2 aromatic heterocycles. The molecular weight excluding hydrogens is 550 g/mol. The summed E-state index contributed by atoms with van der Waals surface area (Å²) in [5.41, 5.74) is 2.40. The molecule has 14 heteroatoms. The van der Waals surface area contributed by atoms with E-state index in [1.165, 1.54) is 0 Å². The first-order chi connectivity index (χ1) is 18.1. The quantitative estimate of drug-likeness (QED) is 0.204. The van der Waals surface area contributed by atoms with E-state index in [4.69, 9.17) is 9.15 Å². The van der Waals surface area contributed by atoms with Crippen molar-refractivity contribution in [1.82, 2.24) is 15.2 Å². The summed E-state index contributed by atoms with van der Waals surface area (Å²) in [6.45, 7) is 5.51. The van der Waals surface area contributed by atoms with E-state index >= 15 is 0 Å². The summed E-state index contributed by atoms with van der Waals surface area (Å²) >= 11 is 2.08. The van der Waals surface area contributed by atoms with Crippen LogP contribution >= 0.6 is 23.1 Å². The van der Waals surface area contributed by atoms with Crippen LogP contribution in [0.3, 0.4) is 0 Å². The van der Waals surface area contributed by atoms with Crippen molar-refractivity contribution in [2.75, 3.05) is 22.4 Å². The molecule has 11 nitrogen and oxygen atoms in total. The number of nitrogens with zero attached hydrogens (tertiary/aromatic N) is 3. The highest BCUT2D eigenvalue weighted by Gasteiger charge is 2.19. The third kappa shape index (κ3) is 6.76. The molecule has 0 bridgehead atoms. The van der Waals surface area contributed by atoms with E-state index in [2.05, 4.69) is 25.2 Å². The number of ether oxygens (including phenoxy) is 1. The number of anilines is 2. The van der Waals surface area contributed by atoms with Crippen LogP contribution in [0, 0.1) is 13.8 Å². The fourth-order valence-electron chi connectivity index (χ4n) is 3.12. The molecule has 2 N–H and O–H groups in total. The van der Waals surface area contributed by atoms with Gasteiger partial charge in [0.15, 0.2) is 5.13 Å². The number of nitrogens with one attached hydrogen (secondary N) is 2. The van der Waals surface area contributed by atoms with Crippen molar-refractivity contribution in [3.8, 4) is 11.5 Å². The van der Waals surface area contributed by atoms with Gasteiger partial charge >= 0.3 is 5.97 Å². The lowest BCUT2D eigenvalue weighted by atomic mass is 10.2. The number of aromatic nitrogens is 3. The molecule has 2 heterocycles. The van der Waals surface area contributed by atoms with Gasteiger partial charge in [-0.2, -0.15) is 0 Å². The second-order valence-corrected chi connectivity index (χ2v) is 11.5. The van der Waals surface area contributed by atoms with Crippen LogP contribution < -0.4 is 10.0 Å². The first kappa shape index (κ1) is 27.3. The van der Waals surface area contributed by atoms with E-state index in [1.807, 2.05) is 6.92 Å². The standard InChI is InChI=1S/C24H23N5O6S3/c1-4-34-22(31)20-15(3)25-23(37-20)26-19(30)13-36-24-28-27-21(35-24)16-7-9-17(10-8-16)29-38(32,33)18-11-5-14(2)6-12-18/h5-12,29H,4,13H2,1-3H3,(H,25,26,30). The minimum absolute atomic E-state index is 0.0191. The summed E-state index contributed by atoms with van der Waals surface area (Å²) in [6, 6.07) is 13.0. The molecule has 1 amide bonds. The summed E-state index contributed by atoms with van der Waals surface area (Å²) in [6.07, 6.45) is 0. The number of sulfonamides is 1. The molecule has 0 aliphatic carbocycles. The Balaban J connectivity index is 1.32. The van der Waals surface area contributed by atoms with Crippen LogP contribution in [0.25, 0.3) is 11.5 Å². The zero-order chi connectivity index (χ0) is 27.3. The largest absolute Gasteiger partial charge is 0.462 e. The Morgan fingerprint density at radius 3 is 2.45 bits per heavy atom. The van der Waals surface area contributed by atoms with Crippen molar-refractivity contribution in [3.05, 3.63) is 64.7 Å². The predicted octanol–water partition coefficient (Wildman–Crippen LogP) is 4.52. The number of carbonyl (C=O) groups is 2. The van der Waals surface area contributed by atoms with Crippen molar-refractivity contribution in [2.24, 2.45) is 0 Å². The van der Waals surface area contributed by atoms with Gasteiger partial charge in [0.2, 0.25) is 11.8 Å². The van der Waals surface area contributed by atoms with E-state index in [1.54, 1.807) is 62.4 Å². The third-order valence-corrected chi connectivity index (χ3v) is 8.22. The van der Waals surface area contributed by atoms with Gasteiger partial charge in [0.1, 0.15) is 4.88 Å². The van der Waals surface area contributed by atoms with Crippen LogP contribution in [0.2, 0.25) is 0 Å². The third-order valence-electron chi connectivity index (χ3n) is 4.95. The minimum Gasteiger partial charge on any atom is -0.462 e. The molecular formula is C24H23N5O6S3. The number of hydrogen-bond donors (Lipinski definition) is 2. The van der Waals surface area contributed by atoms with Crippen LogP contribution in [0.4, 0.5) is 10.8 Å². The average Bonchev–Trinajstić information content (AvgIpc) is 3.50. The van der Waals surface area contributed by atoms with E-state index in [9.17, 15) is 18.0 Å². The topological polar surface area (TPSA) is 153 Å². The lowest BCUT2D eigenvalue weighted by Crippen LogP contribution is -2.13. The van der Waals surface area contributed by atoms with Crippen LogP contribution in [0.15, 0.2) is 63.1 Å². The Morgan fingerprint density at radius 1 is 1.05 bits per heavy atom. The first-order valence-corrected chi connectivity index (χ1v) is 14.5. The summed E-state index contributed by atoms with van der Waals surface area (Å²) in [5, 5.41) is 11.0. The van der Waals surface area contributed by atoms with Gasteiger partial charge in [0.25, 0.3) is 15.2 Å². The van der Waals surface area contributed by atoms with Crippen molar-refractivity contribution in [3.63, 3.8) is 0 Å². The molecule has 0 aliphatic rings. The lowest BCUT2D eigenvalue weighted by Gasteiger charge is -2.08. The van der Waals surface area contributed by atoms with Crippen molar-refractivity contribution in [2.45, 2.75) is 30.9 Å². The van der Waals surface area contributed by atoms with Crippen LogP contribution in [0.5, 0.6) is 0 Å². The van der Waals surface area contributed by atoms with Gasteiger partial charge in [-0.3, -0.25) is 9.52 Å². The molecule has 0 spiro atoms. The van der Waals surface area contributed by atoms with Gasteiger partial charge in [-0.25, -0.2) is 18.2 Å². The van der Waals surface area contributed by atoms with E-state index in [-0.39, 0.29) is 34.3 Å². The van der Waals surface area contributed by atoms with Crippen molar-refractivity contribution in [1.29, 1.82) is 0 Å². The van der Waals surface area contributed by atoms with Crippen molar-refractivity contribution >= 4 is 55.8 Å². The summed E-state index contributed by atoms with van der Waals surface area (Å²) in [7, 11) is -3.72. The predicted molar refractivity (Wildman–Crippen MR) is 144 cm³/mol. The second kappa shape index (κ2) is 11.8. The fraction of sp³-hybridized carbons (Fsp3) is 0.208. The van der Waals surface area contributed by atoms with Crippen LogP contribution in [-0.4, -0.2) is 47.8 Å². The van der Waals surface area contributed by atoms with Gasteiger partial charge in [-0.15, -0.1) is 10.2 Å². The molecule has 0 aliphatic heterocycles. The molecule has 2 aromatic carbocycles. The number of aryl methyl sites for hydroxylation is 2. The number of esters is 1. The molecule has 0 fully saturated rings. The van der Waals surface area contributed by atoms with Crippen molar-refractivity contribution < 1.29 is 27.2 Å². The normalized spacial score (nSPS) is 11.2. The molecule has 0 saturated carbocycles. The Morgan fingerprint density at radius 2 is 1.76 bits per heavy atom.